The zero-order valence-electron chi connectivity index (χ0n) is 11.6. The molecule has 20 heavy (non-hydrogen) atoms. The number of hydrogen-bond donors (Lipinski definition) is 0. The van der Waals surface area contributed by atoms with Crippen LogP contribution in [0.4, 0.5) is 13.2 Å². The van der Waals surface area contributed by atoms with Gasteiger partial charge in [0.2, 0.25) is 5.91 Å². The van der Waals surface area contributed by atoms with Crippen molar-refractivity contribution in [2.24, 2.45) is 11.8 Å². The number of alkyl halides is 4. The van der Waals surface area contributed by atoms with Crippen LogP contribution in [0.5, 0.6) is 0 Å². The van der Waals surface area contributed by atoms with E-state index in [0.29, 0.717) is 44.3 Å². The molecule has 0 aliphatic heterocycles. The minimum absolute atomic E-state index is 0.0618. The molecule has 0 aromatic heterocycles. The van der Waals surface area contributed by atoms with E-state index in [1.165, 1.54) is 12.0 Å². The van der Waals surface area contributed by atoms with E-state index in [-0.39, 0.29) is 12.3 Å². The Morgan fingerprint density at radius 1 is 1.30 bits per heavy atom. The van der Waals surface area contributed by atoms with Gasteiger partial charge in [-0.1, -0.05) is 28.8 Å². The highest BCUT2D eigenvalue weighted by Crippen LogP contribution is 2.42. The van der Waals surface area contributed by atoms with E-state index in [9.17, 15) is 18.0 Å². The lowest BCUT2D eigenvalue weighted by Crippen LogP contribution is -2.46. The number of rotatable bonds is 6. The molecule has 1 amide bonds. The third-order valence-electron chi connectivity index (χ3n) is 3.74. The molecular formula is C13H21BrF3NO2. The summed E-state index contributed by atoms with van der Waals surface area (Å²) in [7, 11) is 1.51. The number of carbonyl (C=O) groups excluding carboxylic acids is 1. The average Bonchev–Trinajstić information content (AvgIpc) is 2.42. The zero-order chi connectivity index (χ0) is 15.2. The molecule has 1 rings (SSSR count). The Balaban J connectivity index is 2.78. The van der Waals surface area contributed by atoms with Crippen molar-refractivity contribution in [2.45, 2.75) is 31.9 Å². The van der Waals surface area contributed by atoms with Crippen LogP contribution in [0.15, 0.2) is 0 Å². The van der Waals surface area contributed by atoms with E-state index in [1.54, 1.807) is 0 Å². The maximum atomic E-state index is 13.0. The van der Waals surface area contributed by atoms with Gasteiger partial charge in [-0.3, -0.25) is 4.79 Å². The van der Waals surface area contributed by atoms with Crippen LogP contribution in [0.1, 0.15) is 25.7 Å². The van der Waals surface area contributed by atoms with Crippen LogP contribution >= 0.6 is 15.9 Å². The molecule has 0 bridgehead atoms. The third-order valence-corrected chi connectivity index (χ3v) is 4.09. The molecule has 1 saturated carbocycles. The zero-order valence-corrected chi connectivity index (χ0v) is 13.2. The summed E-state index contributed by atoms with van der Waals surface area (Å²) in [6.45, 7) is 1.08. The first-order valence-corrected chi connectivity index (χ1v) is 7.94. The standard InChI is InChI=1S/C13H21BrF3NO2/c1-20-9-8-18(7-6-14)12(19)10-4-2-3-5-11(10)13(15,16)17/h10-11H,2-9H2,1H3. The van der Waals surface area contributed by atoms with Crippen molar-refractivity contribution in [3.05, 3.63) is 0 Å². The lowest BCUT2D eigenvalue weighted by atomic mass is 9.78. The Morgan fingerprint density at radius 2 is 1.95 bits per heavy atom. The maximum Gasteiger partial charge on any atom is 0.392 e. The lowest BCUT2D eigenvalue weighted by molar-refractivity contribution is -0.201. The largest absolute Gasteiger partial charge is 0.392 e. The van der Waals surface area contributed by atoms with Gasteiger partial charge in [0, 0.05) is 31.4 Å². The Bertz CT molecular complexity index is 312. The predicted molar refractivity (Wildman–Crippen MR) is 73.8 cm³/mol. The van der Waals surface area contributed by atoms with Gasteiger partial charge < -0.3 is 9.64 Å². The number of hydrogen-bond acceptors (Lipinski definition) is 2. The molecule has 0 aromatic carbocycles. The van der Waals surface area contributed by atoms with E-state index >= 15 is 0 Å². The number of nitrogens with zero attached hydrogens (tertiary/aromatic N) is 1. The molecule has 2 atom stereocenters. The fraction of sp³-hybridized carbons (Fsp3) is 0.923. The minimum Gasteiger partial charge on any atom is -0.383 e. The lowest BCUT2D eigenvalue weighted by Gasteiger charge is -2.35. The van der Waals surface area contributed by atoms with Crippen molar-refractivity contribution in [1.82, 2.24) is 4.90 Å². The maximum absolute atomic E-state index is 13.0. The quantitative estimate of drug-likeness (QED) is 0.681. The predicted octanol–water partition coefficient (Wildman–Crippen LogP) is 3.23. The first-order valence-electron chi connectivity index (χ1n) is 6.82. The van der Waals surface area contributed by atoms with Crippen LogP contribution in [0, 0.1) is 11.8 Å². The van der Waals surface area contributed by atoms with Crippen LogP contribution in [-0.2, 0) is 9.53 Å². The Hall–Kier alpha value is -0.300. The molecule has 2 unspecified atom stereocenters. The van der Waals surface area contributed by atoms with Crippen molar-refractivity contribution in [1.29, 1.82) is 0 Å². The SMILES string of the molecule is COCCN(CCBr)C(=O)C1CCCCC1C(F)(F)F. The van der Waals surface area contributed by atoms with Crippen LogP contribution < -0.4 is 0 Å². The molecule has 0 N–H and O–H groups in total. The summed E-state index contributed by atoms with van der Waals surface area (Å²) in [6.07, 6.45) is -2.66. The van der Waals surface area contributed by atoms with Gasteiger partial charge in [-0.2, -0.15) is 13.2 Å². The van der Waals surface area contributed by atoms with Crippen LogP contribution in [-0.4, -0.2) is 49.1 Å². The minimum atomic E-state index is -4.29. The van der Waals surface area contributed by atoms with Crippen molar-refractivity contribution < 1.29 is 22.7 Å². The molecule has 1 aliphatic rings. The number of amides is 1. The Kier molecular flexibility index (Phi) is 7.29. The number of methoxy groups -OCH3 is 1. The van der Waals surface area contributed by atoms with Gasteiger partial charge in [0.05, 0.1) is 12.5 Å². The van der Waals surface area contributed by atoms with Crippen molar-refractivity contribution >= 4 is 21.8 Å². The highest BCUT2D eigenvalue weighted by Gasteiger charge is 2.48. The van der Waals surface area contributed by atoms with Gasteiger partial charge >= 0.3 is 6.18 Å². The topological polar surface area (TPSA) is 29.5 Å². The van der Waals surface area contributed by atoms with E-state index < -0.39 is 18.0 Å². The van der Waals surface area contributed by atoms with Crippen LogP contribution in [0.2, 0.25) is 0 Å². The number of halogens is 4. The van der Waals surface area contributed by atoms with Gasteiger partial charge in [0.15, 0.2) is 0 Å². The fourth-order valence-corrected chi connectivity index (χ4v) is 3.12. The van der Waals surface area contributed by atoms with E-state index in [1.807, 2.05) is 0 Å². The molecule has 0 spiro atoms. The van der Waals surface area contributed by atoms with Crippen LogP contribution in [0.25, 0.3) is 0 Å². The molecule has 118 valence electrons. The normalized spacial score (nSPS) is 23.6. The summed E-state index contributed by atoms with van der Waals surface area (Å²) >= 11 is 3.23. The highest BCUT2D eigenvalue weighted by molar-refractivity contribution is 9.09. The molecule has 1 fully saturated rings. The van der Waals surface area contributed by atoms with Gasteiger partial charge in [-0.15, -0.1) is 0 Å². The van der Waals surface area contributed by atoms with E-state index in [0.717, 1.165) is 0 Å². The molecular weight excluding hydrogens is 339 g/mol. The van der Waals surface area contributed by atoms with Gasteiger partial charge in [0.1, 0.15) is 0 Å². The fourth-order valence-electron chi connectivity index (χ4n) is 2.69. The second-order valence-electron chi connectivity index (χ2n) is 5.05. The number of carbonyl (C=O) groups is 1. The first kappa shape index (κ1) is 17.8. The summed E-state index contributed by atoms with van der Waals surface area (Å²) in [6, 6.07) is 0. The summed E-state index contributed by atoms with van der Waals surface area (Å²) in [4.78, 5) is 13.9. The molecule has 0 saturated heterocycles. The van der Waals surface area contributed by atoms with Crippen molar-refractivity contribution in [3.63, 3.8) is 0 Å². The average molecular weight is 360 g/mol. The molecule has 1 aliphatic carbocycles. The monoisotopic (exact) mass is 359 g/mol. The van der Waals surface area contributed by atoms with E-state index in [2.05, 4.69) is 15.9 Å². The molecule has 0 heterocycles. The first-order chi connectivity index (χ1) is 9.41. The Morgan fingerprint density at radius 3 is 2.50 bits per heavy atom. The van der Waals surface area contributed by atoms with Gasteiger partial charge in [-0.25, -0.2) is 0 Å². The van der Waals surface area contributed by atoms with Crippen LogP contribution in [0.3, 0.4) is 0 Å². The summed E-state index contributed by atoms with van der Waals surface area (Å²) in [5, 5.41) is 0.547. The molecule has 3 nitrogen and oxygen atoms in total. The van der Waals surface area contributed by atoms with Gasteiger partial charge in [-0.05, 0) is 12.8 Å². The Labute approximate surface area is 126 Å². The second kappa shape index (κ2) is 8.22. The van der Waals surface area contributed by atoms with Gasteiger partial charge in [0.25, 0.3) is 0 Å². The second-order valence-corrected chi connectivity index (χ2v) is 5.84. The molecule has 0 aromatic rings. The smallest absolute Gasteiger partial charge is 0.383 e. The summed E-state index contributed by atoms with van der Waals surface area (Å²) in [5.41, 5.74) is 0. The van der Waals surface area contributed by atoms with Crippen molar-refractivity contribution in [3.8, 4) is 0 Å². The third kappa shape index (κ3) is 4.91. The summed E-state index contributed by atoms with van der Waals surface area (Å²) < 4.78 is 44.1. The molecule has 0 radical (unpaired) electrons. The summed E-state index contributed by atoms with van der Waals surface area (Å²) in [5.74, 6) is -2.81. The highest BCUT2D eigenvalue weighted by atomic mass is 79.9. The number of ether oxygens (including phenoxy) is 1. The van der Waals surface area contributed by atoms with E-state index in [4.69, 9.17) is 4.74 Å². The molecule has 7 heteroatoms. The van der Waals surface area contributed by atoms with Crippen molar-refractivity contribution in [2.75, 3.05) is 32.1 Å².